The molecule has 1 aromatic rings. The van der Waals surface area contributed by atoms with Gasteiger partial charge in [-0.1, -0.05) is 12.1 Å². The van der Waals surface area contributed by atoms with Gasteiger partial charge in [-0.25, -0.2) is 4.79 Å². The van der Waals surface area contributed by atoms with E-state index in [2.05, 4.69) is 10.6 Å². The van der Waals surface area contributed by atoms with Crippen molar-refractivity contribution in [2.45, 2.75) is 0 Å². The normalized spacial score (nSPS) is 9.50. The molecule has 6 heteroatoms. The molecule has 2 amide bonds. The third-order valence-electron chi connectivity index (χ3n) is 1.84. The number of carboxylic acid groups (broad SMARTS) is 1. The summed E-state index contributed by atoms with van der Waals surface area (Å²) in [4.78, 5) is 21.6. The van der Waals surface area contributed by atoms with Gasteiger partial charge < -0.3 is 20.8 Å². The summed E-state index contributed by atoms with van der Waals surface area (Å²) in [5.74, 6) is -0.545. The highest BCUT2D eigenvalue weighted by molar-refractivity contribution is 5.96. The number of amides is 2. The summed E-state index contributed by atoms with van der Waals surface area (Å²) in [6.07, 6.45) is -1.14. The smallest absolute Gasteiger partial charge is 0.404 e. The summed E-state index contributed by atoms with van der Waals surface area (Å²) in [5, 5.41) is 22.2. The molecule has 1 rings (SSSR count). The second kappa shape index (κ2) is 5.59. The average Bonchev–Trinajstić information content (AvgIpc) is 2.24. The molecule has 0 fully saturated rings. The zero-order valence-electron chi connectivity index (χ0n) is 8.43. The van der Waals surface area contributed by atoms with Crippen LogP contribution in [0, 0.1) is 0 Å². The van der Waals surface area contributed by atoms with Crippen molar-refractivity contribution in [2.75, 3.05) is 13.1 Å². The first-order valence-corrected chi connectivity index (χ1v) is 4.64. The molecule has 0 aromatic heterocycles. The van der Waals surface area contributed by atoms with E-state index in [0.717, 1.165) is 0 Å². The van der Waals surface area contributed by atoms with Crippen LogP contribution >= 0.6 is 0 Å². The van der Waals surface area contributed by atoms with E-state index < -0.39 is 12.0 Å². The molecule has 4 N–H and O–H groups in total. The largest absolute Gasteiger partial charge is 0.507 e. The highest BCUT2D eigenvalue weighted by Gasteiger charge is 2.08. The van der Waals surface area contributed by atoms with E-state index in [0.29, 0.717) is 0 Å². The lowest BCUT2D eigenvalue weighted by Gasteiger charge is -2.06. The van der Waals surface area contributed by atoms with E-state index in [1.165, 1.54) is 12.1 Å². The minimum absolute atomic E-state index is 0.105. The number of aromatic hydroxyl groups is 1. The molecule has 6 nitrogen and oxygen atoms in total. The first-order valence-electron chi connectivity index (χ1n) is 4.64. The van der Waals surface area contributed by atoms with E-state index in [1.54, 1.807) is 12.1 Å². The van der Waals surface area contributed by atoms with Gasteiger partial charge in [0.2, 0.25) is 0 Å². The van der Waals surface area contributed by atoms with Crippen molar-refractivity contribution in [1.29, 1.82) is 0 Å². The minimum atomic E-state index is -1.14. The van der Waals surface area contributed by atoms with Crippen molar-refractivity contribution < 1.29 is 19.8 Å². The average molecular weight is 224 g/mol. The van der Waals surface area contributed by atoms with Crippen LogP contribution in [0.5, 0.6) is 5.75 Å². The van der Waals surface area contributed by atoms with Crippen molar-refractivity contribution in [1.82, 2.24) is 10.6 Å². The Morgan fingerprint density at radius 1 is 1.12 bits per heavy atom. The summed E-state index contributed by atoms with van der Waals surface area (Å²) in [5.41, 5.74) is 0.165. The quantitative estimate of drug-likeness (QED) is 0.556. The van der Waals surface area contributed by atoms with Gasteiger partial charge in [-0.15, -0.1) is 0 Å². The van der Waals surface area contributed by atoms with Gasteiger partial charge in [0, 0.05) is 13.1 Å². The zero-order chi connectivity index (χ0) is 12.0. The van der Waals surface area contributed by atoms with Gasteiger partial charge in [0.15, 0.2) is 0 Å². The van der Waals surface area contributed by atoms with E-state index in [1.807, 2.05) is 0 Å². The van der Waals surface area contributed by atoms with Crippen LogP contribution in [0.4, 0.5) is 4.79 Å². The van der Waals surface area contributed by atoms with Crippen molar-refractivity contribution in [3.63, 3.8) is 0 Å². The monoisotopic (exact) mass is 224 g/mol. The second-order valence-electron chi connectivity index (χ2n) is 3.00. The molecule has 0 aliphatic rings. The summed E-state index contributed by atoms with van der Waals surface area (Å²) in [6, 6.07) is 6.13. The fraction of sp³-hybridized carbons (Fsp3) is 0.200. The lowest BCUT2D eigenvalue weighted by atomic mass is 10.2. The summed E-state index contributed by atoms with van der Waals surface area (Å²) >= 11 is 0. The Kier molecular flexibility index (Phi) is 4.14. The maximum absolute atomic E-state index is 11.5. The molecule has 0 unspecified atom stereocenters. The third kappa shape index (κ3) is 3.49. The third-order valence-corrected chi connectivity index (χ3v) is 1.84. The lowest BCUT2D eigenvalue weighted by Crippen LogP contribution is -2.33. The standard InChI is InChI=1S/C10H12N2O4/c13-8-4-2-1-3-7(8)9(14)11-5-6-12-10(15)16/h1-4,12-13H,5-6H2,(H,11,14)(H,15,16). The van der Waals surface area contributed by atoms with E-state index in [4.69, 9.17) is 5.11 Å². The number of carbonyl (C=O) groups excluding carboxylic acids is 1. The predicted molar refractivity (Wildman–Crippen MR) is 56.5 cm³/mol. The SMILES string of the molecule is O=C(O)NCCNC(=O)c1ccccc1O. The van der Waals surface area contributed by atoms with Crippen LogP contribution < -0.4 is 10.6 Å². The molecule has 0 heterocycles. The van der Waals surface area contributed by atoms with Crippen LogP contribution in [0.3, 0.4) is 0 Å². The van der Waals surface area contributed by atoms with Gasteiger partial charge in [0.25, 0.3) is 5.91 Å². The Hall–Kier alpha value is -2.24. The van der Waals surface area contributed by atoms with Crippen LogP contribution in [0.1, 0.15) is 10.4 Å². The van der Waals surface area contributed by atoms with Gasteiger partial charge in [-0.3, -0.25) is 4.79 Å². The fourth-order valence-electron chi connectivity index (χ4n) is 1.11. The Morgan fingerprint density at radius 2 is 1.75 bits per heavy atom. The van der Waals surface area contributed by atoms with Gasteiger partial charge in [0.05, 0.1) is 5.56 Å². The molecule has 0 radical (unpaired) electrons. The maximum Gasteiger partial charge on any atom is 0.404 e. The van der Waals surface area contributed by atoms with Gasteiger partial charge in [0.1, 0.15) is 5.75 Å². The summed E-state index contributed by atoms with van der Waals surface area (Å²) < 4.78 is 0. The van der Waals surface area contributed by atoms with E-state index >= 15 is 0 Å². The highest BCUT2D eigenvalue weighted by Crippen LogP contribution is 2.14. The van der Waals surface area contributed by atoms with Gasteiger partial charge in [-0.2, -0.15) is 0 Å². The summed E-state index contributed by atoms with van der Waals surface area (Å²) in [6.45, 7) is 0.286. The predicted octanol–water partition coefficient (Wildman–Crippen LogP) is 0.390. The Bertz CT molecular complexity index is 392. The van der Waals surface area contributed by atoms with Crippen molar-refractivity contribution in [3.05, 3.63) is 29.8 Å². The first kappa shape index (κ1) is 11.8. The number of hydrogen-bond donors (Lipinski definition) is 4. The highest BCUT2D eigenvalue weighted by atomic mass is 16.4. The van der Waals surface area contributed by atoms with Crippen LogP contribution in [0.25, 0.3) is 0 Å². The number of phenolic OH excluding ortho intramolecular Hbond substituents is 1. The topological polar surface area (TPSA) is 98.7 Å². The number of nitrogens with one attached hydrogen (secondary N) is 2. The molecular formula is C10H12N2O4. The Balaban J connectivity index is 2.41. The van der Waals surface area contributed by atoms with Crippen LogP contribution in [-0.4, -0.2) is 35.3 Å². The number of para-hydroxylation sites is 1. The molecule has 16 heavy (non-hydrogen) atoms. The molecule has 0 saturated carbocycles. The van der Waals surface area contributed by atoms with Gasteiger partial charge >= 0.3 is 6.09 Å². The lowest BCUT2D eigenvalue weighted by molar-refractivity contribution is 0.0950. The molecule has 0 bridgehead atoms. The Labute approximate surface area is 91.9 Å². The zero-order valence-corrected chi connectivity index (χ0v) is 8.43. The first-order chi connectivity index (χ1) is 7.61. The fourth-order valence-corrected chi connectivity index (χ4v) is 1.11. The van der Waals surface area contributed by atoms with E-state index in [-0.39, 0.29) is 24.4 Å². The van der Waals surface area contributed by atoms with Crippen LogP contribution in [0.15, 0.2) is 24.3 Å². The Morgan fingerprint density at radius 3 is 2.38 bits per heavy atom. The van der Waals surface area contributed by atoms with E-state index in [9.17, 15) is 14.7 Å². The summed E-state index contributed by atoms with van der Waals surface area (Å²) in [7, 11) is 0. The molecule has 0 aliphatic carbocycles. The second-order valence-corrected chi connectivity index (χ2v) is 3.00. The molecule has 86 valence electrons. The molecule has 0 spiro atoms. The molecular weight excluding hydrogens is 212 g/mol. The van der Waals surface area contributed by atoms with Crippen molar-refractivity contribution in [3.8, 4) is 5.75 Å². The number of hydrogen-bond acceptors (Lipinski definition) is 3. The maximum atomic E-state index is 11.5. The number of benzene rings is 1. The van der Waals surface area contributed by atoms with Gasteiger partial charge in [-0.05, 0) is 12.1 Å². The number of rotatable bonds is 4. The molecule has 1 aromatic carbocycles. The van der Waals surface area contributed by atoms with Crippen molar-refractivity contribution >= 4 is 12.0 Å². The van der Waals surface area contributed by atoms with Crippen LogP contribution in [-0.2, 0) is 0 Å². The van der Waals surface area contributed by atoms with Crippen molar-refractivity contribution in [2.24, 2.45) is 0 Å². The number of phenols is 1. The minimum Gasteiger partial charge on any atom is -0.507 e. The molecule has 0 aliphatic heterocycles. The number of carbonyl (C=O) groups is 2. The molecule has 0 atom stereocenters. The molecule has 0 saturated heterocycles. The van der Waals surface area contributed by atoms with Crippen LogP contribution in [0.2, 0.25) is 0 Å².